The first-order valence-electron chi connectivity index (χ1n) is 7.12. The van der Waals surface area contributed by atoms with Crippen LogP contribution < -0.4 is 10.2 Å². The maximum atomic E-state index is 12.0. The average Bonchev–Trinajstić information content (AvgIpc) is 3.10. The van der Waals surface area contributed by atoms with Gasteiger partial charge in [-0.15, -0.1) is 10.2 Å². The smallest absolute Gasteiger partial charge is 0.297 e. The van der Waals surface area contributed by atoms with Gasteiger partial charge in [-0.25, -0.2) is 0 Å². The molecule has 2 N–H and O–H groups in total. The van der Waals surface area contributed by atoms with Gasteiger partial charge in [0.1, 0.15) is 6.07 Å². The lowest BCUT2D eigenvalue weighted by molar-refractivity contribution is 0.101. The van der Waals surface area contributed by atoms with Crippen molar-refractivity contribution in [2.24, 2.45) is 0 Å². The number of tetrazole rings is 1. The number of carbonyl (C=O) groups is 1. The summed E-state index contributed by atoms with van der Waals surface area (Å²) in [7, 11) is 0. The lowest BCUT2D eigenvalue weighted by Gasteiger charge is -2.30. The van der Waals surface area contributed by atoms with Crippen LogP contribution in [0.4, 0.5) is 11.4 Å². The van der Waals surface area contributed by atoms with Crippen LogP contribution in [0, 0.1) is 11.3 Å². The predicted molar refractivity (Wildman–Crippen MR) is 79.4 cm³/mol. The molecule has 0 radical (unpaired) electrons. The van der Waals surface area contributed by atoms with Gasteiger partial charge in [0.05, 0.1) is 16.9 Å². The van der Waals surface area contributed by atoms with Crippen molar-refractivity contribution in [1.82, 2.24) is 20.6 Å². The predicted octanol–water partition coefficient (Wildman–Crippen LogP) is 1.31. The number of hydrogen-bond donors (Lipinski definition) is 2. The maximum absolute atomic E-state index is 12.0. The highest BCUT2D eigenvalue weighted by atomic mass is 16.2. The molecule has 8 heteroatoms. The molecule has 0 unspecified atom stereocenters. The zero-order valence-electron chi connectivity index (χ0n) is 11.9. The molecule has 3 rings (SSSR count). The highest BCUT2D eigenvalue weighted by Gasteiger charge is 2.19. The average molecular weight is 297 g/mol. The molecule has 1 aliphatic rings. The summed E-state index contributed by atoms with van der Waals surface area (Å²) in [5, 5.41) is 25.0. The number of benzene rings is 1. The number of rotatable bonds is 3. The van der Waals surface area contributed by atoms with E-state index in [1.54, 1.807) is 6.07 Å². The van der Waals surface area contributed by atoms with Crippen LogP contribution in [-0.2, 0) is 0 Å². The quantitative estimate of drug-likeness (QED) is 0.883. The molecule has 0 spiro atoms. The Morgan fingerprint density at radius 1 is 1.32 bits per heavy atom. The van der Waals surface area contributed by atoms with Crippen LogP contribution in [0.5, 0.6) is 0 Å². The van der Waals surface area contributed by atoms with Gasteiger partial charge in [-0.3, -0.25) is 4.79 Å². The Kier molecular flexibility index (Phi) is 3.96. The molecule has 0 bridgehead atoms. The fourth-order valence-electron chi connectivity index (χ4n) is 2.60. The molecule has 8 nitrogen and oxygen atoms in total. The van der Waals surface area contributed by atoms with Crippen LogP contribution in [0.1, 0.15) is 35.4 Å². The molecule has 22 heavy (non-hydrogen) atoms. The van der Waals surface area contributed by atoms with Gasteiger partial charge in [0, 0.05) is 13.1 Å². The number of anilines is 2. The largest absolute Gasteiger partial charge is 0.370 e. The molecular weight excluding hydrogens is 282 g/mol. The fourth-order valence-corrected chi connectivity index (χ4v) is 2.60. The van der Waals surface area contributed by atoms with E-state index < -0.39 is 5.91 Å². The SMILES string of the molecule is N#Cc1c(NC(=O)c2nn[nH]n2)cccc1N1CCCCC1. The second kappa shape index (κ2) is 6.22. The van der Waals surface area contributed by atoms with Crippen LogP contribution in [0.25, 0.3) is 0 Å². The molecule has 1 fully saturated rings. The number of H-pyrrole nitrogens is 1. The van der Waals surface area contributed by atoms with Crippen LogP contribution in [0.2, 0.25) is 0 Å². The van der Waals surface area contributed by atoms with E-state index in [9.17, 15) is 10.1 Å². The van der Waals surface area contributed by atoms with Crippen molar-refractivity contribution in [3.63, 3.8) is 0 Å². The number of nitrogens with one attached hydrogen (secondary N) is 2. The van der Waals surface area contributed by atoms with Gasteiger partial charge in [0.2, 0.25) is 0 Å². The van der Waals surface area contributed by atoms with Crippen molar-refractivity contribution >= 4 is 17.3 Å². The van der Waals surface area contributed by atoms with E-state index in [1.165, 1.54) is 6.42 Å². The Hall–Kier alpha value is -2.95. The minimum atomic E-state index is -0.499. The van der Waals surface area contributed by atoms with E-state index in [0.717, 1.165) is 31.6 Å². The summed E-state index contributed by atoms with van der Waals surface area (Å²) in [6, 6.07) is 7.63. The van der Waals surface area contributed by atoms with Crippen LogP contribution in [-0.4, -0.2) is 39.6 Å². The first kappa shape index (κ1) is 14.0. The van der Waals surface area contributed by atoms with E-state index in [4.69, 9.17) is 0 Å². The van der Waals surface area contributed by atoms with Gasteiger partial charge < -0.3 is 10.2 Å². The molecule has 0 aliphatic carbocycles. The van der Waals surface area contributed by atoms with Crippen molar-refractivity contribution < 1.29 is 4.79 Å². The highest BCUT2D eigenvalue weighted by Crippen LogP contribution is 2.29. The van der Waals surface area contributed by atoms with Gasteiger partial charge in [-0.2, -0.15) is 10.5 Å². The molecule has 1 amide bonds. The maximum Gasteiger partial charge on any atom is 0.297 e. The van der Waals surface area contributed by atoms with Gasteiger partial charge in [0.15, 0.2) is 0 Å². The van der Waals surface area contributed by atoms with E-state index in [0.29, 0.717) is 11.3 Å². The summed E-state index contributed by atoms with van der Waals surface area (Å²) >= 11 is 0. The molecule has 1 aromatic carbocycles. The van der Waals surface area contributed by atoms with Crippen LogP contribution >= 0.6 is 0 Å². The molecule has 1 aromatic heterocycles. The van der Waals surface area contributed by atoms with Crippen molar-refractivity contribution in [3.05, 3.63) is 29.6 Å². The third-order valence-corrected chi connectivity index (χ3v) is 3.65. The zero-order chi connectivity index (χ0) is 15.4. The number of aromatic amines is 1. The molecule has 1 aliphatic heterocycles. The Morgan fingerprint density at radius 3 is 2.82 bits per heavy atom. The van der Waals surface area contributed by atoms with Crippen LogP contribution in [0.15, 0.2) is 18.2 Å². The minimum Gasteiger partial charge on any atom is -0.370 e. The second-order valence-corrected chi connectivity index (χ2v) is 5.05. The van der Waals surface area contributed by atoms with E-state index in [2.05, 4.69) is 36.9 Å². The summed E-state index contributed by atoms with van der Waals surface area (Å²) in [6.45, 7) is 1.86. The molecule has 0 atom stereocenters. The summed E-state index contributed by atoms with van der Waals surface area (Å²) in [5.41, 5.74) is 1.77. The third kappa shape index (κ3) is 2.74. The number of carbonyl (C=O) groups excluding carboxylic acids is 1. The summed E-state index contributed by atoms with van der Waals surface area (Å²) in [4.78, 5) is 14.2. The standard InChI is InChI=1S/C14H15N7O/c15-9-10-11(16-14(22)13-17-19-20-18-13)5-4-6-12(10)21-7-2-1-3-8-21/h4-6H,1-3,7-8H2,(H,16,22)(H,17,18,19,20). The van der Waals surface area contributed by atoms with Gasteiger partial charge in [0.25, 0.3) is 11.7 Å². The number of piperidine rings is 1. The normalized spacial score (nSPS) is 14.4. The number of hydrogen-bond acceptors (Lipinski definition) is 6. The Morgan fingerprint density at radius 2 is 2.14 bits per heavy atom. The molecule has 2 heterocycles. The third-order valence-electron chi connectivity index (χ3n) is 3.65. The van der Waals surface area contributed by atoms with Crippen LogP contribution in [0.3, 0.4) is 0 Å². The Balaban J connectivity index is 1.88. The van der Waals surface area contributed by atoms with Gasteiger partial charge >= 0.3 is 0 Å². The first-order valence-corrected chi connectivity index (χ1v) is 7.12. The molecule has 2 aromatic rings. The second-order valence-electron chi connectivity index (χ2n) is 5.05. The minimum absolute atomic E-state index is 0.0627. The summed E-state index contributed by atoms with van der Waals surface area (Å²) in [5.74, 6) is -0.562. The Bertz CT molecular complexity index is 698. The van der Waals surface area contributed by atoms with Gasteiger partial charge in [-0.1, -0.05) is 6.07 Å². The molecule has 1 saturated heterocycles. The monoisotopic (exact) mass is 297 g/mol. The van der Waals surface area contributed by atoms with E-state index in [-0.39, 0.29) is 5.82 Å². The van der Waals surface area contributed by atoms with E-state index in [1.807, 2.05) is 12.1 Å². The first-order chi connectivity index (χ1) is 10.8. The fraction of sp³-hybridized carbons (Fsp3) is 0.357. The van der Waals surface area contributed by atoms with Gasteiger partial charge in [-0.05, 0) is 36.6 Å². The lowest BCUT2D eigenvalue weighted by Crippen LogP contribution is -2.30. The van der Waals surface area contributed by atoms with Crippen molar-refractivity contribution in [2.45, 2.75) is 19.3 Å². The topological polar surface area (TPSA) is 111 Å². The van der Waals surface area contributed by atoms with E-state index >= 15 is 0 Å². The molecule has 112 valence electrons. The number of amides is 1. The highest BCUT2D eigenvalue weighted by molar-refractivity contribution is 6.02. The Labute approximate surface area is 127 Å². The summed E-state index contributed by atoms with van der Waals surface area (Å²) < 4.78 is 0. The van der Waals surface area contributed by atoms with Crippen molar-refractivity contribution in [3.8, 4) is 6.07 Å². The van der Waals surface area contributed by atoms with Crippen molar-refractivity contribution in [1.29, 1.82) is 5.26 Å². The number of nitrogens with zero attached hydrogens (tertiary/aromatic N) is 5. The zero-order valence-corrected chi connectivity index (χ0v) is 11.9. The summed E-state index contributed by atoms with van der Waals surface area (Å²) in [6.07, 6.45) is 3.45. The number of nitriles is 1. The number of aromatic nitrogens is 4. The molecule has 0 saturated carbocycles. The molecular formula is C14H15N7O. The lowest BCUT2D eigenvalue weighted by atomic mass is 10.1. The van der Waals surface area contributed by atoms with Crippen molar-refractivity contribution in [2.75, 3.05) is 23.3 Å².